The van der Waals surface area contributed by atoms with Crippen molar-refractivity contribution >= 4 is 19.0 Å². The first-order valence-corrected chi connectivity index (χ1v) is 8.39. The number of likely N-dealkylation sites (tertiary alicyclic amines) is 1. The smallest absolute Gasteiger partial charge is 0.451 e. The predicted molar refractivity (Wildman–Crippen MR) is 87.5 cm³/mol. The fourth-order valence-electron chi connectivity index (χ4n) is 3.19. The second kappa shape index (κ2) is 8.66. The van der Waals surface area contributed by atoms with E-state index in [1.807, 2.05) is 6.92 Å². The molecule has 1 fully saturated rings. The molecule has 0 aromatic rings. The maximum Gasteiger partial charge on any atom is 0.451 e. The highest BCUT2D eigenvalue weighted by atomic mass is 16.4. The molecule has 0 unspecified atom stereocenters. The minimum Gasteiger partial charge on any atom is -0.480 e. The summed E-state index contributed by atoms with van der Waals surface area (Å²) in [5.41, 5.74) is 4.62. The molecule has 1 aliphatic rings. The summed E-state index contributed by atoms with van der Waals surface area (Å²) in [6.07, 6.45) is 3.85. The maximum atomic E-state index is 12.5. The van der Waals surface area contributed by atoms with Gasteiger partial charge in [0.05, 0.1) is 0 Å². The largest absolute Gasteiger partial charge is 0.480 e. The molecule has 0 aliphatic carbocycles. The molecule has 1 rings (SSSR count). The summed E-state index contributed by atoms with van der Waals surface area (Å²) in [4.78, 5) is 25.6. The number of nitrogens with zero attached hydrogens (tertiary/aromatic N) is 1. The average molecular weight is 328 g/mol. The van der Waals surface area contributed by atoms with Gasteiger partial charge in [0.2, 0.25) is 5.91 Å². The van der Waals surface area contributed by atoms with Gasteiger partial charge in [-0.25, -0.2) is 0 Å². The summed E-state index contributed by atoms with van der Waals surface area (Å²) < 4.78 is 0. The Kier molecular flexibility index (Phi) is 7.50. The van der Waals surface area contributed by atoms with Crippen LogP contribution in [0.25, 0.3) is 0 Å². The average Bonchev–Trinajstić information content (AvgIpc) is 2.82. The van der Waals surface area contributed by atoms with E-state index >= 15 is 0 Å². The van der Waals surface area contributed by atoms with E-state index < -0.39 is 18.6 Å². The Balaban J connectivity index is 2.71. The Morgan fingerprint density at radius 3 is 2.57 bits per heavy atom. The Hall–Kier alpha value is -1.12. The van der Waals surface area contributed by atoms with Gasteiger partial charge < -0.3 is 25.8 Å². The lowest BCUT2D eigenvalue weighted by atomic mass is 9.78. The zero-order valence-corrected chi connectivity index (χ0v) is 14.1. The molecule has 5 N–H and O–H groups in total. The summed E-state index contributed by atoms with van der Waals surface area (Å²) >= 11 is 0. The first-order valence-electron chi connectivity index (χ1n) is 8.39. The van der Waals surface area contributed by atoms with Crippen molar-refractivity contribution in [1.82, 2.24) is 4.90 Å². The van der Waals surface area contributed by atoms with E-state index in [0.29, 0.717) is 19.4 Å². The molecular formula is C15H29BN2O5. The van der Waals surface area contributed by atoms with Crippen LogP contribution < -0.4 is 5.73 Å². The Bertz CT molecular complexity index is 421. The number of hydrogen-bond acceptors (Lipinski definition) is 5. The molecule has 132 valence electrons. The van der Waals surface area contributed by atoms with Gasteiger partial charge in [0.1, 0.15) is 5.54 Å². The standard InChI is InChI=1S/C15H29BN2O5/c1-3-4-6-11(2)13(19)18-9-12(7-5-8-16(22)23)15(17,10-18)14(20)21/h11-12,22-23H,3-10,17H2,1-2H3,(H,20,21)/t11-,12-,15-/m0/s1. The molecule has 1 saturated heterocycles. The van der Waals surface area contributed by atoms with Gasteiger partial charge in [0.15, 0.2) is 0 Å². The fourth-order valence-corrected chi connectivity index (χ4v) is 3.19. The highest BCUT2D eigenvalue weighted by Crippen LogP contribution is 2.31. The molecule has 23 heavy (non-hydrogen) atoms. The molecule has 1 heterocycles. The monoisotopic (exact) mass is 328 g/mol. The van der Waals surface area contributed by atoms with Crippen LogP contribution in [0.1, 0.15) is 46.0 Å². The lowest BCUT2D eigenvalue weighted by Crippen LogP contribution is -2.55. The molecule has 0 aromatic heterocycles. The van der Waals surface area contributed by atoms with Crippen molar-refractivity contribution in [2.45, 2.75) is 57.8 Å². The Morgan fingerprint density at radius 1 is 1.39 bits per heavy atom. The van der Waals surface area contributed by atoms with Gasteiger partial charge in [-0.3, -0.25) is 9.59 Å². The van der Waals surface area contributed by atoms with Crippen LogP contribution in [0.3, 0.4) is 0 Å². The Labute approximate surface area is 138 Å². The van der Waals surface area contributed by atoms with Crippen LogP contribution in [0.2, 0.25) is 6.32 Å². The molecule has 0 radical (unpaired) electrons. The third kappa shape index (κ3) is 5.19. The van der Waals surface area contributed by atoms with Crippen molar-refractivity contribution in [2.24, 2.45) is 17.6 Å². The quantitative estimate of drug-likeness (QED) is 0.452. The number of hydrogen-bond donors (Lipinski definition) is 4. The van der Waals surface area contributed by atoms with Crippen LogP contribution in [-0.4, -0.2) is 57.7 Å². The minimum atomic E-state index is -1.46. The number of aliphatic carboxylic acids is 1. The summed E-state index contributed by atoms with van der Waals surface area (Å²) in [7, 11) is -1.40. The molecule has 0 saturated carbocycles. The summed E-state index contributed by atoms with van der Waals surface area (Å²) in [6.45, 7) is 4.27. The van der Waals surface area contributed by atoms with E-state index in [1.165, 1.54) is 0 Å². The third-order valence-corrected chi connectivity index (χ3v) is 4.76. The van der Waals surface area contributed by atoms with Gasteiger partial charge >= 0.3 is 13.1 Å². The first-order chi connectivity index (χ1) is 10.7. The molecule has 0 aromatic carbocycles. The minimum absolute atomic E-state index is 0.0178. The SMILES string of the molecule is CCCC[C@H](C)C(=O)N1C[C@H](CCCB(O)O)[C@](N)(C(=O)O)C1. The van der Waals surface area contributed by atoms with Crippen LogP contribution >= 0.6 is 0 Å². The van der Waals surface area contributed by atoms with Gasteiger partial charge in [-0.2, -0.15) is 0 Å². The van der Waals surface area contributed by atoms with Crippen molar-refractivity contribution in [1.29, 1.82) is 0 Å². The van der Waals surface area contributed by atoms with Gasteiger partial charge in [0, 0.05) is 24.9 Å². The highest BCUT2D eigenvalue weighted by molar-refractivity contribution is 6.40. The number of unbranched alkanes of at least 4 members (excludes halogenated alkanes) is 1. The van der Waals surface area contributed by atoms with Crippen molar-refractivity contribution in [3.8, 4) is 0 Å². The number of carboxylic acid groups (broad SMARTS) is 1. The summed E-state index contributed by atoms with van der Waals surface area (Å²) in [6, 6.07) is 0. The number of amides is 1. The van der Waals surface area contributed by atoms with Crippen LogP contribution in [-0.2, 0) is 9.59 Å². The molecule has 7 nitrogen and oxygen atoms in total. The summed E-state index contributed by atoms with van der Waals surface area (Å²) in [5.74, 6) is -1.66. The van der Waals surface area contributed by atoms with Crippen molar-refractivity contribution < 1.29 is 24.7 Å². The fraction of sp³-hybridized carbons (Fsp3) is 0.867. The molecule has 8 heteroatoms. The van der Waals surface area contributed by atoms with Gasteiger partial charge in [0.25, 0.3) is 0 Å². The van der Waals surface area contributed by atoms with Crippen molar-refractivity contribution in [2.75, 3.05) is 13.1 Å². The predicted octanol–water partition coefficient (Wildman–Crippen LogP) is 0.306. The van der Waals surface area contributed by atoms with Crippen LogP contribution in [0, 0.1) is 11.8 Å². The number of rotatable bonds is 9. The topological polar surface area (TPSA) is 124 Å². The van der Waals surface area contributed by atoms with Crippen LogP contribution in [0.15, 0.2) is 0 Å². The zero-order valence-electron chi connectivity index (χ0n) is 14.1. The van der Waals surface area contributed by atoms with E-state index in [2.05, 4.69) is 6.92 Å². The number of carboxylic acids is 1. The van der Waals surface area contributed by atoms with E-state index in [9.17, 15) is 14.7 Å². The number of carbonyl (C=O) groups excluding carboxylic acids is 1. The van der Waals surface area contributed by atoms with Gasteiger partial charge in [-0.1, -0.05) is 33.1 Å². The summed E-state index contributed by atoms with van der Waals surface area (Å²) in [5, 5.41) is 27.3. The Morgan fingerprint density at radius 2 is 2.04 bits per heavy atom. The highest BCUT2D eigenvalue weighted by Gasteiger charge is 2.50. The number of nitrogens with two attached hydrogens (primary N) is 1. The third-order valence-electron chi connectivity index (χ3n) is 4.76. The molecule has 0 bridgehead atoms. The van der Waals surface area contributed by atoms with Crippen LogP contribution in [0.4, 0.5) is 0 Å². The molecule has 1 aliphatic heterocycles. The van der Waals surface area contributed by atoms with E-state index in [-0.39, 0.29) is 30.6 Å². The van der Waals surface area contributed by atoms with Crippen molar-refractivity contribution in [3.05, 3.63) is 0 Å². The second-order valence-corrected chi connectivity index (χ2v) is 6.72. The maximum absolute atomic E-state index is 12.5. The lowest BCUT2D eigenvalue weighted by Gasteiger charge is -2.25. The van der Waals surface area contributed by atoms with Gasteiger partial charge in [-0.15, -0.1) is 0 Å². The van der Waals surface area contributed by atoms with Gasteiger partial charge in [-0.05, 0) is 19.2 Å². The van der Waals surface area contributed by atoms with E-state index in [0.717, 1.165) is 19.3 Å². The first kappa shape index (κ1) is 19.9. The number of carbonyl (C=O) groups is 2. The molecular weight excluding hydrogens is 299 g/mol. The van der Waals surface area contributed by atoms with Crippen LogP contribution in [0.5, 0.6) is 0 Å². The van der Waals surface area contributed by atoms with Crippen molar-refractivity contribution in [3.63, 3.8) is 0 Å². The van der Waals surface area contributed by atoms with E-state index in [4.69, 9.17) is 15.8 Å². The molecule has 0 spiro atoms. The normalized spacial score (nSPS) is 25.4. The lowest BCUT2D eigenvalue weighted by molar-refractivity contribution is -0.144. The zero-order chi connectivity index (χ0) is 17.6. The molecule has 1 amide bonds. The second-order valence-electron chi connectivity index (χ2n) is 6.72. The molecule has 3 atom stereocenters. The van der Waals surface area contributed by atoms with E-state index in [1.54, 1.807) is 4.90 Å².